The van der Waals surface area contributed by atoms with Gasteiger partial charge in [0.1, 0.15) is 201 Å². The van der Waals surface area contributed by atoms with E-state index in [1.807, 2.05) is 0 Å². The van der Waals surface area contributed by atoms with Gasteiger partial charge in [0.15, 0.2) is 56.6 Å². The zero-order valence-corrected chi connectivity index (χ0v) is 59.6. The number of hydrogen-bond acceptors (Lipinski definition) is 43. The second-order valence-electron chi connectivity index (χ2n) is 28.1. The predicted molar refractivity (Wildman–Crippen MR) is 339 cm³/mol. The van der Waals surface area contributed by atoms with E-state index in [1.54, 1.807) is 0 Å². The van der Waals surface area contributed by atoms with Gasteiger partial charge in [0.05, 0.1) is 58.0 Å². The van der Waals surface area contributed by atoms with E-state index in [0.717, 1.165) is 27.7 Å². The van der Waals surface area contributed by atoms with Crippen LogP contribution in [-0.2, 0) is 99.7 Å². The maximum atomic E-state index is 13.7. The van der Waals surface area contributed by atoms with Gasteiger partial charge in [0.2, 0.25) is 23.6 Å². The quantitative estimate of drug-likeness (QED) is 0.0382. The molecule has 9 rings (SSSR count). The minimum atomic E-state index is -2.34. The molecule has 47 nitrogen and oxygen atoms in total. The fourth-order valence-electron chi connectivity index (χ4n) is 14.3. The normalized spacial score (nSPS) is 49.9. The Balaban J connectivity index is 1.06. The molecule has 0 aromatic rings. The number of amides is 4. The molecule has 9 fully saturated rings. The van der Waals surface area contributed by atoms with Crippen molar-refractivity contribution in [1.29, 1.82) is 0 Å². The summed E-state index contributed by atoms with van der Waals surface area (Å²) in [5.74, 6) is -3.53. The zero-order valence-electron chi connectivity index (χ0n) is 59.6. The van der Waals surface area contributed by atoms with Crippen molar-refractivity contribution < 1.29 is 212 Å². The molecule has 26 N–H and O–H groups in total. The van der Waals surface area contributed by atoms with Crippen molar-refractivity contribution in [1.82, 2.24) is 21.3 Å². The third kappa shape index (κ3) is 19.7. The van der Waals surface area contributed by atoms with E-state index in [1.165, 1.54) is 20.8 Å². The first kappa shape index (κ1) is 89.3. The lowest BCUT2D eigenvalue weighted by molar-refractivity contribution is -0.410. The fraction of sp³-hybridized carbons (Fsp3) is 0.935. The number of hydrogen-bond donors (Lipinski definition) is 26. The van der Waals surface area contributed by atoms with Crippen molar-refractivity contribution in [3.05, 3.63) is 0 Å². The molecular weight excluding hydrogens is 1490 g/mol. The minimum absolute atomic E-state index is 0.779. The molecule has 0 aromatic heterocycles. The van der Waals surface area contributed by atoms with Gasteiger partial charge in [0, 0.05) is 27.7 Å². The summed E-state index contributed by atoms with van der Waals surface area (Å²) in [7, 11) is 0. The van der Waals surface area contributed by atoms with Gasteiger partial charge in [-0.1, -0.05) is 0 Å². The molecular formula is C62H104N4O43. The van der Waals surface area contributed by atoms with Crippen LogP contribution in [0.3, 0.4) is 0 Å². The van der Waals surface area contributed by atoms with Gasteiger partial charge >= 0.3 is 0 Å². The number of carbonyl (C=O) groups excluding carboxylic acids is 4. The molecule has 9 aliphatic heterocycles. The second-order valence-corrected chi connectivity index (χ2v) is 28.1. The lowest BCUT2D eigenvalue weighted by Gasteiger charge is -2.53. The fourth-order valence-corrected chi connectivity index (χ4v) is 14.3. The summed E-state index contributed by atoms with van der Waals surface area (Å²) < 4.78 is 103. The molecule has 0 spiro atoms. The summed E-state index contributed by atoms with van der Waals surface area (Å²) >= 11 is 0. The topological polar surface area (TPSA) is 718 Å². The van der Waals surface area contributed by atoms with Crippen LogP contribution in [0.25, 0.3) is 0 Å². The minimum Gasteiger partial charge on any atom is -0.394 e. The van der Waals surface area contributed by atoms with Crippen LogP contribution in [0.15, 0.2) is 0 Å². The van der Waals surface area contributed by atoms with Gasteiger partial charge in [-0.25, -0.2) is 0 Å². The Morgan fingerprint density at radius 3 is 1.06 bits per heavy atom. The molecule has 630 valence electrons. The molecule has 0 radical (unpaired) electrons. The average Bonchev–Trinajstić information content (AvgIpc) is 0.757. The number of aliphatic hydroxyl groups excluding tert-OH is 22. The van der Waals surface area contributed by atoms with Gasteiger partial charge in [-0.2, -0.15) is 0 Å². The molecule has 0 aromatic carbocycles. The molecule has 1 unspecified atom stereocenters. The van der Waals surface area contributed by atoms with Crippen molar-refractivity contribution in [3.8, 4) is 0 Å². The van der Waals surface area contributed by atoms with Crippen LogP contribution in [0.2, 0.25) is 0 Å². The SMILES string of the molecule is CC(=O)N[C@H]1[C@H](OC[C@H]2OC(O)[C@H](NC(C)=O)[C@@H](O[C@@H]3O[C@H](CO)[C@@H](O)[C@H](O)[C@H]3NC(C)=O)[C@H]2O)O[C@H](CO)[C@@H](O[C@@H]2O[C@H](CO)[C@H](O)[C@H](O[C@@H]3O[C@H](CO)[C@@H](O[C@@H]4O[C@@H](C)[C@@H](O)[C@@H](O)[C@@H]4O)[C@H](O[C@@H]4O[C@H](CO)[C@H](O)[C@H](O)[C@H]4O[C@@H]4O[C@@H](C)[C@@H](O)[C@@H](O)[C@@H]4O)[C@H]3NC(C)=O)[C@H]2O[C@@H]2O[C@@H](C)[C@@H](O)[C@@H](O)[C@@H]2O)[C@@H]1O. The summed E-state index contributed by atoms with van der Waals surface area (Å²) in [6, 6.07) is -7.29. The highest BCUT2D eigenvalue weighted by Gasteiger charge is 2.62. The molecule has 0 bridgehead atoms. The standard InChI is InChI=1S/C62H104N4O43/c1-14-31(76)40(85)44(89)58(94-14)104-48-25(12-71)102-57(30(66-20(7)75)50(48)106-61-52(43(88)35(80)22(9-68)99-61)108-59-45(90)41(86)32(77)15(2)95-59)107-51-36(81)23(10-69)100-62(53(51)109-60-46(91)42(87)33(78)16(3)96-60)103-47-24(11-70)101-55(28(39(47)84)64-18(5)73)93-13-26-37(82)49(29(54(92)97-26)65-19(6)74)105-56-27(63-17(4)72)38(83)34(79)21(8-67)98-56/h14-16,21-62,67-71,76-92H,8-13H2,1-7H3,(H,63,72)(H,64,73)(H,65,74)(H,66,75)/t14-,15-,16-,21+,22+,23+,24+,25+,26+,27+,28+,29+,30+,31+,32+,33+,34+,35-,36-,37-,38+,39+,40+,41+,42+,43-,44-,45-,46-,47+,48+,49+,50+,51-,52+,53+,54?,55+,56-,57-,58-,59-,60-,61-,62-/m0/s1. The van der Waals surface area contributed by atoms with E-state index < -0.39 is 339 Å². The number of aliphatic hydroxyl groups is 22. The van der Waals surface area contributed by atoms with E-state index in [2.05, 4.69) is 21.3 Å². The van der Waals surface area contributed by atoms with Gasteiger partial charge in [-0.3, -0.25) is 19.2 Å². The maximum Gasteiger partial charge on any atom is 0.217 e. The number of carbonyl (C=O) groups is 4. The third-order valence-electron chi connectivity index (χ3n) is 20.2. The van der Waals surface area contributed by atoms with Crippen molar-refractivity contribution in [3.63, 3.8) is 0 Å². The number of ether oxygens (including phenoxy) is 17. The Bertz CT molecular complexity index is 2920. The van der Waals surface area contributed by atoms with E-state index >= 15 is 0 Å². The van der Waals surface area contributed by atoms with Crippen LogP contribution >= 0.6 is 0 Å². The molecule has 47 heteroatoms. The van der Waals surface area contributed by atoms with Crippen molar-refractivity contribution in [2.24, 2.45) is 0 Å². The Morgan fingerprint density at radius 2 is 0.587 bits per heavy atom. The zero-order chi connectivity index (χ0) is 80.4. The first-order chi connectivity index (χ1) is 51.4. The van der Waals surface area contributed by atoms with E-state index in [9.17, 15) is 132 Å². The van der Waals surface area contributed by atoms with Gasteiger partial charge in [-0.05, 0) is 20.8 Å². The highest BCUT2D eigenvalue weighted by molar-refractivity contribution is 5.74. The Hall–Kier alpha value is -3.68. The van der Waals surface area contributed by atoms with Crippen LogP contribution in [0, 0.1) is 0 Å². The Morgan fingerprint density at radius 1 is 0.257 bits per heavy atom. The van der Waals surface area contributed by atoms with Gasteiger partial charge in [-0.15, -0.1) is 0 Å². The van der Waals surface area contributed by atoms with Crippen LogP contribution in [0.1, 0.15) is 48.5 Å². The highest BCUT2D eigenvalue weighted by Crippen LogP contribution is 2.41. The summed E-state index contributed by atoms with van der Waals surface area (Å²) in [6.07, 6.45) is -81.6. The average molecular weight is 1590 g/mol. The summed E-state index contributed by atoms with van der Waals surface area (Å²) in [5, 5.41) is 256. The summed E-state index contributed by atoms with van der Waals surface area (Å²) in [6.45, 7) is 1.14. The van der Waals surface area contributed by atoms with Crippen molar-refractivity contribution >= 4 is 23.6 Å². The Kier molecular flexibility index (Phi) is 31.4. The van der Waals surface area contributed by atoms with Crippen molar-refractivity contribution in [2.45, 2.75) is 325 Å². The number of rotatable bonds is 26. The first-order valence-electron chi connectivity index (χ1n) is 35.2. The third-order valence-corrected chi connectivity index (χ3v) is 20.2. The highest BCUT2D eigenvalue weighted by atomic mass is 16.8. The molecule has 9 heterocycles. The van der Waals surface area contributed by atoms with E-state index in [4.69, 9.17) is 80.5 Å². The van der Waals surface area contributed by atoms with E-state index in [-0.39, 0.29) is 0 Å². The molecule has 4 amide bonds. The molecule has 9 saturated heterocycles. The first-order valence-corrected chi connectivity index (χ1v) is 35.2. The lowest BCUT2D eigenvalue weighted by atomic mass is 9.93. The van der Waals surface area contributed by atoms with Gasteiger partial charge in [0.25, 0.3) is 0 Å². The van der Waals surface area contributed by atoms with Crippen LogP contribution in [-0.4, -0.2) is 452 Å². The maximum absolute atomic E-state index is 13.7. The predicted octanol–water partition coefficient (Wildman–Crippen LogP) is -17.0. The Labute approximate surface area is 619 Å². The summed E-state index contributed by atoms with van der Waals surface area (Å²) in [5.41, 5.74) is 0. The molecule has 109 heavy (non-hydrogen) atoms. The summed E-state index contributed by atoms with van der Waals surface area (Å²) in [4.78, 5) is 51.7. The van der Waals surface area contributed by atoms with Crippen LogP contribution < -0.4 is 21.3 Å². The van der Waals surface area contributed by atoms with Crippen LogP contribution in [0.5, 0.6) is 0 Å². The lowest BCUT2D eigenvalue weighted by Crippen LogP contribution is -2.72. The van der Waals surface area contributed by atoms with Crippen LogP contribution in [0.4, 0.5) is 0 Å². The molecule has 0 aliphatic carbocycles. The largest absolute Gasteiger partial charge is 0.394 e. The van der Waals surface area contributed by atoms with Crippen molar-refractivity contribution in [2.75, 3.05) is 39.6 Å². The smallest absolute Gasteiger partial charge is 0.217 e. The molecule has 9 aliphatic rings. The molecule has 0 saturated carbocycles. The monoisotopic (exact) mass is 1590 g/mol. The van der Waals surface area contributed by atoms with Gasteiger partial charge < -0.3 is 214 Å². The second kappa shape index (κ2) is 38.4. The molecule has 45 atom stereocenters. The van der Waals surface area contributed by atoms with E-state index in [0.29, 0.717) is 0 Å². The number of nitrogens with one attached hydrogen (secondary N) is 4.